The molecule has 2 N–H and O–H groups in total. The minimum Gasteiger partial charge on any atom is -0.369 e. The molecule has 1 heterocycles. The van der Waals surface area contributed by atoms with E-state index in [1.54, 1.807) is 0 Å². The number of hydrogen-bond acceptors (Lipinski definition) is 3. The number of benzene rings is 2. The second kappa shape index (κ2) is 4.94. The number of aliphatic imine (C=N–C) groups is 1. The minimum atomic E-state index is 0.112. The van der Waals surface area contributed by atoms with E-state index in [-0.39, 0.29) is 6.04 Å². The molecule has 1 aliphatic rings. The molecular weight excluding hydrogens is 258 g/mol. The van der Waals surface area contributed by atoms with Crippen molar-refractivity contribution in [1.82, 2.24) is 0 Å². The van der Waals surface area contributed by atoms with Crippen LogP contribution in [0, 0.1) is 0 Å². The lowest BCUT2D eigenvalue weighted by Crippen LogP contribution is -2.36. The summed E-state index contributed by atoms with van der Waals surface area (Å²) in [4.78, 5) is 6.41. The molecule has 0 aliphatic carbocycles. The van der Waals surface area contributed by atoms with Gasteiger partial charge < -0.3 is 10.6 Å². The molecule has 19 heavy (non-hydrogen) atoms. The average molecular weight is 272 g/mol. The summed E-state index contributed by atoms with van der Waals surface area (Å²) in [5.74, 6) is 0.552. The van der Waals surface area contributed by atoms with Crippen LogP contribution in [0.5, 0.6) is 0 Å². The third-order valence-electron chi connectivity index (χ3n) is 3.25. The fourth-order valence-electron chi connectivity index (χ4n) is 2.37. The summed E-state index contributed by atoms with van der Waals surface area (Å²) in [7, 11) is 0. The van der Waals surface area contributed by atoms with Gasteiger partial charge in [0.1, 0.15) is 0 Å². The Morgan fingerprint density at radius 3 is 2.63 bits per heavy atom. The zero-order valence-electron chi connectivity index (χ0n) is 10.3. The highest BCUT2D eigenvalue weighted by Crippen LogP contribution is 2.31. The summed E-state index contributed by atoms with van der Waals surface area (Å²) in [6, 6.07) is 18.0. The van der Waals surface area contributed by atoms with Crippen LogP contribution in [0.4, 0.5) is 5.69 Å². The third-order valence-corrected chi connectivity index (χ3v) is 3.49. The summed E-state index contributed by atoms with van der Waals surface area (Å²) in [6.45, 7) is 0.654. The van der Waals surface area contributed by atoms with Gasteiger partial charge in [-0.15, -0.1) is 0 Å². The van der Waals surface area contributed by atoms with Crippen LogP contribution in [0.25, 0.3) is 0 Å². The first-order chi connectivity index (χ1) is 9.25. The maximum absolute atomic E-state index is 6.07. The van der Waals surface area contributed by atoms with Crippen molar-refractivity contribution >= 4 is 23.2 Å². The molecule has 0 radical (unpaired) electrons. The molecule has 3 nitrogen and oxygen atoms in total. The molecule has 0 saturated heterocycles. The summed E-state index contributed by atoms with van der Waals surface area (Å²) in [6.07, 6.45) is 0. The molecule has 2 aromatic carbocycles. The van der Waals surface area contributed by atoms with Crippen molar-refractivity contribution in [3.05, 3.63) is 65.2 Å². The lowest BCUT2D eigenvalue weighted by atomic mass is 10.1. The van der Waals surface area contributed by atoms with Gasteiger partial charge in [-0.2, -0.15) is 0 Å². The van der Waals surface area contributed by atoms with Crippen LogP contribution in [0.15, 0.2) is 59.6 Å². The minimum absolute atomic E-state index is 0.112. The maximum atomic E-state index is 6.07. The smallest absolute Gasteiger partial charge is 0.196 e. The number of para-hydroxylation sites is 1. The molecule has 0 saturated carbocycles. The van der Waals surface area contributed by atoms with Crippen LogP contribution in [-0.4, -0.2) is 12.5 Å². The SMILES string of the molecule is NC1=NCC(c2cccc(Cl)c2)N1c1ccccc1. The second-order valence-electron chi connectivity index (χ2n) is 4.48. The van der Waals surface area contributed by atoms with Crippen LogP contribution < -0.4 is 10.6 Å². The maximum Gasteiger partial charge on any atom is 0.196 e. The van der Waals surface area contributed by atoms with E-state index >= 15 is 0 Å². The summed E-state index contributed by atoms with van der Waals surface area (Å²) < 4.78 is 0. The van der Waals surface area contributed by atoms with Gasteiger partial charge in [0.05, 0.1) is 12.6 Å². The monoisotopic (exact) mass is 271 g/mol. The van der Waals surface area contributed by atoms with E-state index in [9.17, 15) is 0 Å². The van der Waals surface area contributed by atoms with Crippen LogP contribution in [0.2, 0.25) is 5.02 Å². The zero-order valence-corrected chi connectivity index (χ0v) is 11.1. The highest BCUT2D eigenvalue weighted by Gasteiger charge is 2.28. The van der Waals surface area contributed by atoms with Crippen molar-refractivity contribution in [3.8, 4) is 0 Å². The Kier molecular flexibility index (Phi) is 3.13. The molecule has 1 unspecified atom stereocenters. The molecule has 1 atom stereocenters. The molecule has 0 fully saturated rings. The number of rotatable bonds is 2. The van der Waals surface area contributed by atoms with E-state index in [0.29, 0.717) is 12.5 Å². The van der Waals surface area contributed by atoms with E-state index in [1.807, 2.05) is 53.4 Å². The van der Waals surface area contributed by atoms with Gasteiger partial charge in [0, 0.05) is 10.7 Å². The van der Waals surface area contributed by atoms with E-state index < -0.39 is 0 Å². The molecule has 4 heteroatoms. The Balaban J connectivity index is 1.99. The highest BCUT2D eigenvalue weighted by atomic mass is 35.5. The van der Waals surface area contributed by atoms with Crippen molar-refractivity contribution < 1.29 is 0 Å². The van der Waals surface area contributed by atoms with Gasteiger partial charge in [0.25, 0.3) is 0 Å². The van der Waals surface area contributed by atoms with Crippen molar-refractivity contribution in [3.63, 3.8) is 0 Å². The average Bonchev–Trinajstić information content (AvgIpc) is 2.82. The van der Waals surface area contributed by atoms with E-state index in [2.05, 4.69) is 11.1 Å². The molecule has 0 amide bonds. The van der Waals surface area contributed by atoms with Crippen molar-refractivity contribution in [2.75, 3.05) is 11.4 Å². The Morgan fingerprint density at radius 2 is 1.89 bits per heavy atom. The number of hydrogen-bond donors (Lipinski definition) is 1. The normalized spacial score (nSPS) is 18.5. The number of guanidine groups is 1. The number of nitrogens with two attached hydrogens (primary N) is 1. The number of halogens is 1. The lowest BCUT2D eigenvalue weighted by molar-refractivity contribution is 0.769. The van der Waals surface area contributed by atoms with Gasteiger partial charge in [0.15, 0.2) is 5.96 Å². The van der Waals surface area contributed by atoms with Crippen molar-refractivity contribution in [2.24, 2.45) is 10.7 Å². The fourth-order valence-corrected chi connectivity index (χ4v) is 2.57. The van der Waals surface area contributed by atoms with Crippen LogP contribution in [-0.2, 0) is 0 Å². The topological polar surface area (TPSA) is 41.6 Å². The molecule has 0 aromatic heterocycles. The molecular formula is C15H14ClN3. The molecule has 0 spiro atoms. The zero-order chi connectivity index (χ0) is 13.2. The summed E-state index contributed by atoms with van der Waals surface area (Å²) in [5, 5.41) is 0.732. The molecule has 2 aromatic rings. The summed E-state index contributed by atoms with van der Waals surface area (Å²) in [5.41, 5.74) is 8.19. The molecule has 3 rings (SSSR count). The first kappa shape index (κ1) is 12.1. The van der Waals surface area contributed by atoms with E-state index in [0.717, 1.165) is 16.3 Å². The first-order valence-electron chi connectivity index (χ1n) is 6.15. The Hall–Kier alpha value is -2.00. The fraction of sp³-hybridized carbons (Fsp3) is 0.133. The van der Waals surface area contributed by atoms with Gasteiger partial charge in [-0.25, -0.2) is 0 Å². The number of anilines is 1. The second-order valence-corrected chi connectivity index (χ2v) is 4.91. The van der Waals surface area contributed by atoms with Gasteiger partial charge in [-0.1, -0.05) is 41.9 Å². The Labute approximate surface area is 117 Å². The van der Waals surface area contributed by atoms with Gasteiger partial charge in [-0.05, 0) is 29.8 Å². The summed E-state index contributed by atoms with van der Waals surface area (Å²) >= 11 is 6.07. The molecule has 1 aliphatic heterocycles. The molecule has 0 bridgehead atoms. The highest BCUT2D eigenvalue weighted by molar-refractivity contribution is 6.30. The Bertz CT molecular complexity index is 610. The number of nitrogens with zero attached hydrogens (tertiary/aromatic N) is 2. The van der Waals surface area contributed by atoms with E-state index in [1.165, 1.54) is 0 Å². The first-order valence-corrected chi connectivity index (χ1v) is 6.53. The van der Waals surface area contributed by atoms with Crippen molar-refractivity contribution in [1.29, 1.82) is 0 Å². The van der Waals surface area contributed by atoms with Crippen LogP contribution in [0.3, 0.4) is 0 Å². The Morgan fingerprint density at radius 1 is 1.11 bits per heavy atom. The third kappa shape index (κ3) is 2.29. The van der Waals surface area contributed by atoms with E-state index in [4.69, 9.17) is 17.3 Å². The van der Waals surface area contributed by atoms with Gasteiger partial charge in [-0.3, -0.25) is 4.99 Å². The predicted octanol–water partition coefficient (Wildman–Crippen LogP) is 3.22. The van der Waals surface area contributed by atoms with Gasteiger partial charge >= 0.3 is 0 Å². The van der Waals surface area contributed by atoms with Crippen molar-refractivity contribution in [2.45, 2.75) is 6.04 Å². The largest absolute Gasteiger partial charge is 0.369 e. The quantitative estimate of drug-likeness (QED) is 0.911. The van der Waals surface area contributed by atoms with Gasteiger partial charge in [0.2, 0.25) is 0 Å². The lowest BCUT2D eigenvalue weighted by Gasteiger charge is -2.26. The molecule has 96 valence electrons. The predicted molar refractivity (Wildman–Crippen MR) is 79.6 cm³/mol. The van der Waals surface area contributed by atoms with Crippen LogP contribution in [0.1, 0.15) is 11.6 Å². The van der Waals surface area contributed by atoms with Crippen LogP contribution >= 0.6 is 11.6 Å². The standard InChI is InChI=1S/C15H14ClN3/c16-12-6-4-5-11(9-12)14-10-18-15(17)19(14)13-7-2-1-3-8-13/h1-9,14H,10H2,(H2,17,18).